The van der Waals surface area contributed by atoms with E-state index >= 15 is 0 Å². The van der Waals surface area contributed by atoms with Crippen LogP contribution in [0.15, 0.2) is 12.4 Å². The molecule has 1 amide bonds. The summed E-state index contributed by atoms with van der Waals surface area (Å²) in [5.74, 6) is 0.00689. The van der Waals surface area contributed by atoms with Gasteiger partial charge >= 0.3 is 0 Å². The molecule has 1 aromatic rings. The zero-order valence-electron chi connectivity index (χ0n) is 13.4. The number of aryl methyl sites for hydroxylation is 1. The molecule has 2 N–H and O–H groups in total. The molecule has 0 aromatic carbocycles. The minimum absolute atomic E-state index is 0.00689. The van der Waals surface area contributed by atoms with E-state index in [-0.39, 0.29) is 17.4 Å². The Hall–Kier alpha value is -1.40. The molecule has 1 aliphatic heterocycles. The molecule has 6 heteroatoms. The number of amides is 1. The fourth-order valence-electron chi connectivity index (χ4n) is 2.37. The van der Waals surface area contributed by atoms with Crippen LogP contribution < -0.4 is 5.73 Å². The molecule has 0 aliphatic carbocycles. The van der Waals surface area contributed by atoms with Gasteiger partial charge in [-0.15, -0.1) is 0 Å². The van der Waals surface area contributed by atoms with Crippen LogP contribution in [-0.4, -0.2) is 52.4 Å². The highest BCUT2D eigenvalue weighted by molar-refractivity contribution is 5.82. The molecule has 1 aromatic heterocycles. The lowest BCUT2D eigenvalue weighted by Crippen LogP contribution is -2.55. The third kappa shape index (κ3) is 4.04. The molecule has 0 saturated carbocycles. The second kappa shape index (κ2) is 6.15. The van der Waals surface area contributed by atoms with Crippen LogP contribution >= 0.6 is 0 Å². The van der Waals surface area contributed by atoms with Crippen molar-refractivity contribution in [2.24, 2.45) is 11.1 Å². The van der Waals surface area contributed by atoms with Gasteiger partial charge < -0.3 is 15.4 Å². The number of hydrogen-bond acceptors (Lipinski definition) is 4. The van der Waals surface area contributed by atoms with Crippen LogP contribution in [0.5, 0.6) is 0 Å². The van der Waals surface area contributed by atoms with Gasteiger partial charge in [-0.05, 0) is 17.9 Å². The fourth-order valence-corrected chi connectivity index (χ4v) is 2.37. The normalized spacial score (nSPS) is 21.4. The first-order valence-corrected chi connectivity index (χ1v) is 7.42. The predicted molar refractivity (Wildman–Crippen MR) is 80.7 cm³/mol. The summed E-state index contributed by atoms with van der Waals surface area (Å²) >= 11 is 0. The van der Waals surface area contributed by atoms with E-state index in [9.17, 15) is 4.79 Å². The van der Waals surface area contributed by atoms with Gasteiger partial charge in [0.05, 0.1) is 31.5 Å². The summed E-state index contributed by atoms with van der Waals surface area (Å²) in [6, 6.07) is -0.483. The monoisotopic (exact) mass is 294 g/mol. The van der Waals surface area contributed by atoms with Crippen molar-refractivity contribution in [1.82, 2.24) is 14.7 Å². The summed E-state index contributed by atoms with van der Waals surface area (Å²) < 4.78 is 7.60. The van der Waals surface area contributed by atoms with Crippen molar-refractivity contribution in [2.75, 3.05) is 19.7 Å². The predicted octanol–water partition coefficient (Wildman–Crippen LogP) is 0.792. The Morgan fingerprint density at radius 1 is 1.57 bits per heavy atom. The largest absolute Gasteiger partial charge is 0.373 e. The fraction of sp³-hybridized carbons (Fsp3) is 0.733. The van der Waals surface area contributed by atoms with Gasteiger partial charge in [0.2, 0.25) is 5.91 Å². The van der Waals surface area contributed by atoms with Gasteiger partial charge in [-0.1, -0.05) is 20.8 Å². The average molecular weight is 294 g/mol. The minimum Gasteiger partial charge on any atom is -0.373 e. The highest BCUT2D eigenvalue weighted by Gasteiger charge is 2.33. The molecular formula is C15H26N4O2. The molecule has 1 unspecified atom stereocenters. The van der Waals surface area contributed by atoms with Crippen LogP contribution in [0.3, 0.4) is 0 Å². The molecule has 2 atom stereocenters. The molecule has 1 saturated heterocycles. The lowest BCUT2D eigenvalue weighted by molar-refractivity contribution is -0.143. The van der Waals surface area contributed by atoms with Crippen LogP contribution in [-0.2, 0) is 16.1 Å². The highest BCUT2D eigenvalue weighted by Crippen LogP contribution is 2.20. The van der Waals surface area contributed by atoms with Gasteiger partial charge in [-0.25, -0.2) is 0 Å². The first kappa shape index (κ1) is 16.0. The zero-order chi connectivity index (χ0) is 15.6. The van der Waals surface area contributed by atoms with Crippen molar-refractivity contribution in [1.29, 1.82) is 0 Å². The van der Waals surface area contributed by atoms with E-state index in [1.54, 1.807) is 0 Å². The van der Waals surface area contributed by atoms with E-state index in [0.29, 0.717) is 26.2 Å². The van der Waals surface area contributed by atoms with E-state index in [1.165, 1.54) is 0 Å². The number of carbonyl (C=O) groups is 1. The van der Waals surface area contributed by atoms with Gasteiger partial charge in [-0.3, -0.25) is 9.48 Å². The Labute approximate surface area is 126 Å². The quantitative estimate of drug-likeness (QED) is 0.894. The summed E-state index contributed by atoms with van der Waals surface area (Å²) in [6.45, 7) is 10.3. The van der Waals surface area contributed by atoms with Gasteiger partial charge in [0.1, 0.15) is 0 Å². The van der Waals surface area contributed by atoms with E-state index in [2.05, 4.69) is 5.10 Å². The zero-order valence-corrected chi connectivity index (χ0v) is 13.4. The molecule has 2 rings (SSSR count). The van der Waals surface area contributed by atoms with E-state index in [0.717, 1.165) is 5.56 Å². The highest BCUT2D eigenvalue weighted by atomic mass is 16.5. The van der Waals surface area contributed by atoms with Gasteiger partial charge in [0.25, 0.3) is 0 Å². The van der Waals surface area contributed by atoms with Crippen LogP contribution in [0.4, 0.5) is 0 Å². The van der Waals surface area contributed by atoms with Crippen molar-refractivity contribution in [3.05, 3.63) is 18.0 Å². The summed E-state index contributed by atoms with van der Waals surface area (Å²) in [5, 5.41) is 4.26. The second-order valence-electron chi connectivity index (χ2n) is 6.86. The lowest BCUT2D eigenvalue weighted by atomic mass is 9.86. The van der Waals surface area contributed by atoms with Crippen LogP contribution in [0, 0.1) is 12.3 Å². The molecule has 0 radical (unpaired) electrons. The summed E-state index contributed by atoms with van der Waals surface area (Å²) in [4.78, 5) is 14.3. The smallest absolute Gasteiger partial charge is 0.240 e. The maximum Gasteiger partial charge on any atom is 0.240 e. The number of hydrogen-bond donors (Lipinski definition) is 1. The summed E-state index contributed by atoms with van der Waals surface area (Å²) in [7, 11) is 0. The third-order valence-corrected chi connectivity index (χ3v) is 3.80. The van der Waals surface area contributed by atoms with Crippen LogP contribution in [0.25, 0.3) is 0 Å². The summed E-state index contributed by atoms with van der Waals surface area (Å²) in [5.41, 5.74) is 6.96. The molecule has 2 heterocycles. The SMILES string of the molecule is Cc1cnn(CC2CN(C(=O)[C@@H](N)C(C)(C)C)CCO2)c1. The maximum absolute atomic E-state index is 12.5. The van der Waals surface area contributed by atoms with Crippen LogP contribution in [0.2, 0.25) is 0 Å². The number of morpholine rings is 1. The molecule has 0 bridgehead atoms. The Balaban J connectivity index is 1.95. The van der Waals surface area contributed by atoms with Crippen molar-refractivity contribution < 1.29 is 9.53 Å². The second-order valence-corrected chi connectivity index (χ2v) is 6.86. The number of carbonyl (C=O) groups excluding carboxylic acids is 1. The molecule has 1 aliphatic rings. The molecule has 0 spiro atoms. The number of nitrogens with zero attached hydrogens (tertiary/aromatic N) is 3. The Morgan fingerprint density at radius 2 is 2.29 bits per heavy atom. The Kier molecular flexibility index (Phi) is 4.68. The first-order valence-electron chi connectivity index (χ1n) is 7.42. The Morgan fingerprint density at radius 3 is 2.86 bits per heavy atom. The number of rotatable bonds is 3. The molecule has 118 valence electrons. The number of nitrogens with two attached hydrogens (primary N) is 1. The first-order chi connectivity index (χ1) is 9.77. The van der Waals surface area contributed by atoms with E-state index in [1.807, 2.05) is 49.7 Å². The van der Waals surface area contributed by atoms with Crippen molar-refractivity contribution in [3.8, 4) is 0 Å². The van der Waals surface area contributed by atoms with E-state index < -0.39 is 6.04 Å². The van der Waals surface area contributed by atoms with Crippen LogP contribution in [0.1, 0.15) is 26.3 Å². The molecule has 6 nitrogen and oxygen atoms in total. The molecule has 1 fully saturated rings. The number of ether oxygens (including phenoxy) is 1. The maximum atomic E-state index is 12.5. The molecular weight excluding hydrogens is 268 g/mol. The lowest BCUT2D eigenvalue weighted by Gasteiger charge is -2.37. The number of aromatic nitrogens is 2. The van der Waals surface area contributed by atoms with Crippen molar-refractivity contribution >= 4 is 5.91 Å². The van der Waals surface area contributed by atoms with Crippen molar-refractivity contribution in [3.63, 3.8) is 0 Å². The van der Waals surface area contributed by atoms with Gasteiger partial charge in [0.15, 0.2) is 0 Å². The summed E-state index contributed by atoms with van der Waals surface area (Å²) in [6.07, 6.45) is 3.76. The standard InChI is InChI=1S/C15H26N4O2/c1-11-7-17-19(8-11)10-12-9-18(5-6-21-12)14(20)13(16)15(2,3)4/h7-8,12-13H,5-6,9-10,16H2,1-4H3/t12?,13-/m1/s1. The topological polar surface area (TPSA) is 73.4 Å². The minimum atomic E-state index is -0.483. The van der Waals surface area contributed by atoms with Gasteiger partial charge in [-0.2, -0.15) is 5.10 Å². The molecule has 21 heavy (non-hydrogen) atoms. The average Bonchev–Trinajstić information content (AvgIpc) is 2.81. The third-order valence-electron chi connectivity index (χ3n) is 3.80. The Bertz CT molecular complexity index is 492. The van der Waals surface area contributed by atoms with Gasteiger partial charge in [0, 0.05) is 19.3 Å². The van der Waals surface area contributed by atoms with Crippen molar-refractivity contribution in [2.45, 2.75) is 46.4 Å². The van der Waals surface area contributed by atoms with E-state index in [4.69, 9.17) is 10.5 Å².